The van der Waals surface area contributed by atoms with Crippen LogP contribution in [0.5, 0.6) is 0 Å². The van der Waals surface area contributed by atoms with Crippen molar-refractivity contribution in [1.29, 1.82) is 0 Å². The molecule has 1 saturated carbocycles. The van der Waals surface area contributed by atoms with E-state index in [9.17, 15) is 14.9 Å². The predicted molar refractivity (Wildman–Crippen MR) is 75.7 cm³/mol. The first-order chi connectivity index (χ1) is 8.97. The zero-order valence-corrected chi connectivity index (χ0v) is 12.1. The average molecular weight is 327 g/mol. The van der Waals surface area contributed by atoms with Crippen molar-refractivity contribution < 1.29 is 9.72 Å². The minimum Gasteiger partial charge on any atom is -0.348 e. The van der Waals surface area contributed by atoms with Crippen LogP contribution in [0.4, 0.5) is 5.69 Å². The number of nitrogens with one attached hydrogen (secondary N) is 1. The van der Waals surface area contributed by atoms with Gasteiger partial charge in [0.2, 0.25) is 0 Å². The highest BCUT2D eigenvalue weighted by Crippen LogP contribution is 2.26. The maximum Gasteiger partial charge on any atom is 0.270 e. The fourth-order valence-corrected chi connectivity index (χ4v) is 3.05. The topological polar surface area (TPSA) is 72.2 Å². The molecule has 19 heavy (non-hydrogen) atoms. The van der Waals surface area contributed by atoms with Crippen LogP contribution in [-0.2, 0) is 0 Å². The molecule has 2 unspecified atom stereocenters. The van der Waals surface area contributed by atoms with Crippen molar-refractivity contribution in [1.82, 2.24) is 5.32 Å². The van der Waals surface area contributed by atoms with Crippen LogP contribution in [-0.4, -0.2) is 21.7 Å². The first kappa shape index (κ1) is 14.0. The van der Waals surface area contributed by atoms with E-state index in [-0.39, 0.29) is 22.5 Å². The van der Waals surface area contributed by atoms with Crippen LogP contribution >= 0.6 is 15.9 Å². The van der Waals surface area contributed by atoms with Gasteiger partial charge < -0.3 is 5.32 Å². The molecule has 6 heteroatoms. The summed E-state index contributed by atoms with van der Waals surface area (Å²) in [5.41, 5.74) is 1.01. The molecule has 1 amide bonds. The SMILES string of the molecule is Cc1cc(C(=O)NC2CCCC2Br)cc([N+](=O)[O-])c1. The quantitative estimate of drug-likeness (QED) is 0.527. The summed E-state index contributed by atoms with van der Waals surface area (Å²) >= 11 is 3.53. The zero-order chi connectivity index (χ0) is 14.0. The lowest BCUT2D eigenvalue weighted by Crippen LogP contribution is -2.37. The number of nitrogens with zero attached hydrogens (tertiary/aromatic N) is 1. The van der Waals surface area contributed by atoms with Gasteiger partial charge in [-0.25, -0.2) is 0 Å². The van der Waals surface area contributed by atoms with Crippen molar-refractivity contribution in [3.05, 3.63) is 39.4 Å². The summed E-state index contributed by atoms with van der Waals surface area (Å²) in [6, 6.07) is 4.55. The number of aryl methyl sites for hydroxylation is 1. The van der Waals surface area contributed by atoms with E-state index in [2.05, 4.69) is 21.2 Å². The molecule has 0 saturated heterocycles. The highest BCUT2D eigenvalue weighted by molar-refractivity contribution is 9.09. The summed E-state index contributed by atoms with van der Waals surface area (Å²) in [4.78, 5) is 22.7. The van der Waals surface area contributed by atoms with Gasteiger partial charge in [0.15, 0.2) is 0 Å². The lowest BCUT2D eigenvalue weighted by Gasteiger charge is -2.16. The average Bonchev–Trinajstić information content (AvgIpc) is 2.74. The molecular weight excluding hydrogens is 312 g/mol. The molecule has 0 spiro atoms. The molecule has 102 valence electrons. The number of amides is 1. The maximum absolute atomic E-state index is 12.1. The summed E-state index contributed by atoms with van der Waals surface area (Å²) in [6.45, 7) is 1.74. The van der Waals surface area contributed by atoms with Crippen LogP contribution in [0.2, 0.25) is 0 Å². The number of rotatable bonds is 3. The lowest BCUT2D eigenvalue weighted by molar-refractivity contribution is -0.384. The van der Waals surface area contributed by atoms with Gasteiger partial charge >= 0.3 is 0 Å². The Morgan fingerprint density at radius 2 is 2.16 bits per heavy atom. The number of benzene rings is 1. The van der Waals surface area contributed by atoms with Gasteiger partial charge in [-0.15, -0.1) is 0 Å². The van der Waals surface area contributed by atoms with Gasteiger partial charge in [-0.1, -0.05) is 22.4 Å². The summed E-state index contributed by atoms with van der Waals surface area (Å²) in [7, 11) is 0. The molecule has 0 radical (unpaired) electrons. The first-order valence-electron chi connectivity index (χ1n) is 6.18. The molecule has 0 bridgehead atoms. The maximum atomic E-state index is 12.1. The molecule has 1 N–H and O–H groups in total. The summed E-state index contributed by atoms with van der Waals surface area (Å²) in [6.07, 6.45) is 3.06. The Hall–Kier alpha value is -1.43. The van der Waals surface area contributed by atoms with Gasteiger partial charge in [0.25, 0.3) is 11.6 Å². The van der Waals surface area contributed by atoms with Crippen LogP contribution in [0.3, 0.4) is 0 Å². The smallest absolute Gasteiger partial charge is 0.270 e. The van der Waals surface area contributed by atoms with Gasteiger partial charge in [-0.3, -0.25) is 14.9 Å². The highest BCUT2D eigenvalue weighted by Gasteiger charge is 2.27. The van der Waals surface area contributed by atoms with Crippen LogP contribution in [0, 0.1) is 17.0 Å². The molecule has 0 aliphatic heterocycles. The fourth-order valence-electron chi connectivity index (χ4n) is 2.33. The van der Waals surface area contributed by atoms with Gasteiger partial charge in [0.05, 0.1) is 4.92 Å². The van der Waals surface area contributed by atoms with E-state index in [0.29, 0.717) is 11.1 Å². The van der Waals surface area contributed by atoms with Crippen molar-refractivity contribution in [2.75, 3.05) is 0 Å². The Balaban J connectivity index is 2.16. The first-order valence-corrected chi connectivity index (χ1v) is 7.10. The summed E-state index contributed by atoms with van der Waals surface area (Å²) in [5, 5.41) is 13.7. The zero-order valence-electron chi connectivity index (χ0n) is 10.6. The molecule has 1 aromatic rings. The van der Waals surface area contributed by atoms with Crippen molar-refractivity contribution >= 4 is 27.5 Å². The van der Waals surface area contributed by atoms with E-state index in [0.717, 1.165) is 19.3 Å². The van der Waals surface area contributed by atoms with Gasteiger partial charge in [0.1, 0.15) is 0 Å². The number of hydrogen-bond acceptors (Lipinski definition) is 3. The molecule has 1 fully saturated rings. The molecule has 0 aromatic heterocycles. The fraction of sp³-hybridized carbons (Fsp3) is 0.462. The second kappa shape index (κ2) is 5.69. The van der Waals surface area contributed by atoms with Gasteiger partial charge in [-0.2, -0.15) is 0 Å². The third-order valence-electron chi connectivity index (χ3n) is 3.28. The molecule has 1 aromatic carbocycles. The Morgan fingerprint density at radius 1 is 1.42 bits per heavy atom. The van der Waals surface area contributed by atoms with E-state index in [4.69, 9.17) is 0 Å². The minimum atomic E-state index is -0.480. The summed E-state index contributed by atoms with van der Waals surface area (Å²) in [5.74, 6) is -0.247. The Morgan fingerprint density at radius 3 is 2.74 bits per heavy atom. The third kappa shape index (κ3) is 3.32. The minimum absolute atomic E-state index is 0.0491. The van der Waals surface area contributed by atoms with Crippen LogP contribution in [0.15, 0.2) is 18.2 Å². The highest BCUT2D eigenvalue weighted by atomic mass is 79.9. The number of hydrogen-bond donors (Lipinski definition) is 1. The van der Waals surface area contributed by atoms with Crippen molar-refractivity contribution in [2.24, 2.45) is 0 Å². The van der Waals surface area contributed by atoms with E-state index in [1.807, 2.05) is 0 Å². The molecule has 5 nitrogen and oxygen atoms in total. The monoisotopic (exact) mass is 326 g/mol. The Labute approximate surface area is 119 Å². The van der Waals surface area contributed by atoms with Crippen molar-refractivity contribution in [3.8, 4) is 0 Å². The van der Waals surface area contributed by atoms with Crippen LogP contribution in [0.1, 0.15) is 35.2 Å². The van der Waals surface area contributed by atoms with E-state index < -0.39 is 4.92 Å². The van der Waals surface area contributed by atoms with Gasteiger partial charge in [-0.05, 0) is 31.4 Å². The molecule has 1 aliphatic rings. The van der Waals surface area contributed by atoms with Crippen molar-refractivity contribution in [3.63, 3.8) is 0 Å². The number of nitro groups is 1. The molecule has 1 aliphatic carbocycles. The number of nitro benzene ring substituents is 1. The van der Waals surface area contributed by atoms with Gasteiger partial charge in [0, 0.05) is 28.6 Å². The lowest BCUT2D eigenvalue weighted by atomic mass is 10.1. The number of alkyl halides is 1. The van der Waals surface area contributed by atoms with Crippen LogP contribution in [0.25, 0.3) is 0 Å². The Kier molecular flexibility index (Phi) is 4.19. The Bertz CT molecular complexity index is 519. The third-order valence-corrected chi connectivity index (χ3v) is 4.38. The number of carbonyl (C=O) groups is 1. The number of halogens is 1. The van der Waals surface area contributed by atoms with E-state index in [1.54, 1.807) is 13.0 Å². The standard InChI is InChI=1S/C13H15BrN2O3/c1-8-5-9(7-10(6-8)16(18)19)13(17)15-12-4-2-3-11(12)14/h5-7,11-12H,2-4H2,1H3,(H,15,17). The summed E-state index contributed by atoms with van der Waals surface area (Å²) < 4.78 is 0. The van der Waals surface area contributed by atoms with Crippen molar-refractivity contribution in [2.45, 2.75) is 37.1 Å². The molecule has 0 heterocycles. The second-order valence-electron chi connectivity index (χ2n) is 4.84. The molecule has 2 rings (SSSR count). The largest absolute Gasteiger partial charge is 0.348 e. The van der Waals surface area contributed by atoms with Crippen LogP contribution < -0.4 is 5.32 Å². The number of carbonyl (C=O) groups excluding carboxylic acids is 1. The van der Waals surface area contributed by atoms with E-state index >= 15 is 0 Å². The normalized spacial score (nSPS) is 22.2. The second-order valence-corrected chi connectivity index (χ2v) is 6.02. The molecular formula is C13H15BrN2O3. The van der Waals surface area contributed by atoms with E-state index in [1.165, 1.54) is 12.1 Å². The number of non-ortho nitro benzene ring substituents is 1. The predicted octanol–water partition coefficient (Wildman–Crippen LogP) is 2.95. The molecule has 2 atom stereocenters.